The zero-order valence-corrected chi connectivity index (χ0v) is 12.6. The molecule has 0 fully saturated rings. The Morgan fingerprint density at radius 3 is 2.56 bits per heavy atom. The van der Waals surface area contributed by atoms with Gasteiger partial charge in [-0.25, -0.2) is 0 Å². The molecule has 0 unspecified atom stereocenters. The van der Waals surface area contributed by atoms with E-state index in [0.29, 0.717) is 4.77 Å². The summed E-state index contributed by atoms with van der Waals surface area (Å²) in [5, 5.41) is 0.721. The number of benzene rings is 1. The highest BCUT2D eigenvalue weighted by Gasteiger charge is 2.20. The number of aryl methyl sites for hydroxylation is 1. The molecule has 2 nitrogen and oxygen atoms in total. The second kappa shape index (κ2) is 4.56. The number of aromatic amines is 1. The summed E-state index contributed by atoms with van der Waals surface area (Å²) in [4.78, 5) is 3.12. The van der Waals surface area contributed by atoms with Crippen molar-refractivity contribution in [2.75, 3.05) is 0 Å². The van der Waals surface area contributed by atoms with Gasteiger partial charge in [-0.3, -0.25) is 4.57 Å². The van der Waals surface area contributed by atoms with Crippen molar-refractivity contribution in [3.8, 4) is 5.69 Å². The Hall–Kier alpha value is -1.06. The maximum atomic E-state index is 6.10. The Morgan fingerprint density at radius 1 is 1.28 bits per heavy atom. The lowest BCUT2D eigenvalue weighted by Crippen LogP contribution is -2.17. The summed E-state index contributed by atoms with van der Waals surface area (Å²) in [6.45, 7) is 8.57. The van der Waals surface area contributed by atoms with Crippen molar-refractivity contribution in [2.24, 2.45) is 0 Å². The van der Waals surface area contributed by atoms with E-state index in [1.54, 1.807) is 0 Å². The van der Waals surface area contributed by atoms with E-state index in [1.807, 2.05) is 24.4 Å². The second-order valence-corrected chi connectivity index (χ2v) is 6.32. The summed E-state index contributed by atoms with van der Waals surface area (Å²) < 4.78 is 2.77. The molecule has 18 heavy (non-hydrogen) atoms. The number of H-pyrrole nitrogens is 1. The van der Waals surface area contributed by atoms with Crippen LogP contribution in [0.3, 0.4) is 0 Å². The maximum absolute atomic E-state index is 6.10. The number of nitrogens with zero attached hydrogens (tertiary/aromatic N) is 1. The number of aromatic nitrogens is 2. The molecular formula is C14H17ClN2S. The first kappa shape index (κ1) is 13.4. The molecule has 0 bridgehead atoms. The number of hydrogen-bond donors (Lipinski definition) is 1. The largest absolute Gasteiger partial charge is 0.337 e. The molecule has 2 rings (SSSR count). The van der Waals surface area contributed by atoms with E-state index < -0.39 is 0 Å². The van der Waals surface area contributed by atoms with Gasteiger partial charge in [0.2, 0.25) is 0 Å². The minimum atomic E-state index is 0.0162. The molecule has 0 atom stereocenters. The van der Waals surface area contributed by atoms with Gasteiger partial charge >= 0.3 is 0 Å². The molecule has 4 heteroatoms. The first-order chi connectivity index (χ1) is 8.30. The Bertz CT molecular complexity index is 632. The molecule has 1 aromatic heterocycles. The zero-order valence-electron chi connectivity index (χ0n) is 11.0. The van der Waals surface area contributed by atoms with E-state index in [0.717, 1.165) is 22.0 Å². The van der Waals surface area contributed by atoms with Crippen LogP contribution in [0.2, 0.25) is 5.02 Å². The van der Waals surface area contributed by atoms with Crippen LogP contribution in [-0.4, -0.2) is 9.55 Å². The van der Waals surface area contributed by atoms with Crippen molar-refractivity contribution >= 4 is 23.8 Å². The fourth-order valence-corrected chi connectivity index (χ4v) is 2.41. The van der Waals surface area contributed by atoms with Crippen LogP contribution in [0.1, 0.15) is 32.0 Å². The highest BCUT2D eigenvalue weighted by Crippen LogP contribution is 2.28. The monoisotopic (exact) mass is 280 g/mol. The second-order valence-electron chi connectivity index (χ2n) is 5.50. The predicted octanol–water partition coefficient (Wildman–Crippen LogP) is 4.79. The van der Waals surface area contributed by atoms with Gasteiger partial charge in [0.1, 0.15) is 0 Å². The van der Waals surface area contributed by atoms with E-state index in [2.05, 4.69) is 37.2 Å². The third-order valence-corrected chi connectivity index (χ3v) is 3.49. The average Bonchev–Trinajstić information content (AvgIpc) is 2.63. The highest BCUT2D eigenvalue weighted by molar-refractivity contribution is 7.71. The van der Waals surface area contributed by atoms with Crippen molar-refractivity contribution in [1.82, 2.24) is 9.55 Å². The fourth-order valence-electron chi connectivity index (χ4n) is 1.98. The van der Waals surface area contributed by atoms with E-state index in [1.165, 1.54) is 0 Å². The molecule has 0 aliphatic heterocycles. The van der Waals surface area contributed by atoms with Crippen LogP contribution < -0.4 is 0 Å². The van der Waals surface area contributed by atoms with E-state index >= 15 is 0 Å². The van der Waals surface area contributed by atoms with Crippen LogP contribution in [0.25, 0.3) is 5.69 Å². The van der Waals surface area contributed by atoms with Gasteiger partial charge in [0.05, 0.1) is 5.69 Å². The predicted molar refractivity (Wildman–Crippen MR) is 79.4 cm³/mol. The van der Waals surface area contributed by atoms with Crippen LogP contribution in [0.4, 0.5) is 0 Å². The van der Waals surface area contributed by atoms with Crippen molar-refractivity contribution in [2.45, 2.75) is 33.1 Å². The standard InChI is InChI=1S/C14H17ClN2S/c1-9-5-6-10(15)7-11(9)17-12(14(2,3)4)8-16-13(17)18/h5-8H,1-4H3,(H,16,18). The molecule has 0 saturated carbocycles. The summed E-state index contributed by atoms with van der Waals surface area (Å²) in [5.74, 6) is 0. The number of nitrogens with one attached hydrogen (secondary N) is 1. The van der Waals surface area contributed by atoms with E-state index in [4.69, 9.17) is 23.8 Å². The average molecular weight is 281 g/mol. The molecule has 0 spiro atoms. The number of rotatable bonds is 1. The van der Waals surface area contributed by atoms with Crippen LogP contribution in [0, 0.1) is 11.7 Å². The Kier molecular flexibility index (Phi) is 3.39. The number of imidazole rings is 1. The van der Waals surface area contributed by atoms with Gasteiger partial charge in [0.25, 0.3) is 0 Å². The number of hydrogen-bond acceptors (Lipinski definition) is 1. The quantitative estimate of drug-likeness (QED) is 0.745. The zero-order chi connectivity index (χ0) is 13.5. The van der Waals surface area contributed by atoms with Crippen molar-refractivity contribution < 1.29 is 0 Å². The van der Waals surface area contributed by atoms with Crippen LogP contribution in [0.15, 0.2) is 24.4 Å². The lowest BCUT2D eigenvalue weighted by atomic mass is 9.92. The van der Waals surface area contributed by atoms with Gasteiger partial charge in [-0.1, -0.05) is 38.4 Å². The van der Waals surface area contributed by atoms with Crippen LogP contribution >= 0.6 is 23.8 Å². The topological polar surface area (TPSA) is 20.7 Å². The molecule has 0 amide bonds. The minimum Gasteiger partial charge on any atom is -0.337 e. The Labute approximate surface area is 118 Å². The van der Waals surface area contributed by atoms with Gasteiger partial charge in [-0.05, 0) is 36.8 Å². The molecule has 0 saturated heterocycles. The lowest BCUT2D eigenvalue weighted by molar-refractivity contribution is 0.555. The Balaban J connectivity index is 2.75. The summed E-state index contributed by atoms with van der Waals surface area (Å²) in [6.07, 6.45) is 1.97. The third-order valence-electron chi connectivity index (χ3n) is 2.96. The van der Waals surface area contributed by atoms with Crippen LogP contribution in [-0.2, 0) is 5.41 Å². The highest BCUT2D eigenvalue weighted by atomic mass is 35.5. The normalized spacial score (nSPS) is 11.8. The molecule has 1 N–H and O–H groups in total. The number of halogens is 1. The molecule has 1 aromatic carbocycles. The van der Waals surface area contributed by atoms with Gasteiger partial charge in [0, 0.05) is 22.3 Å². The molecule has 96 valence electrons. The van der Waals surface area contributed by atoms with Gasteiger partial charge in [-0.15, -0.1) is 0 Å². The smallest absolute Gasteiger partial charge is 0.182 e. The molecule has 0 aliphatic rings. The van der Waals surface area contributed by atoms with Crippen molar-refractivity contribution in [3.63, 3.8) is 0 Å². The maximum Gasteiger partial charge on any atom is 0.182 e. The fraction of sp³-hybridized carbons (Fsp3) is 0.357. The van der Waals surface area contributed by atoms with Gasteiger partial charge < -0.3 is 4.98 Å². The third kappa shape index (κ3) is 2.38. The van der Waals surface area contributed by atoms with Crippen molar-refractivity contribution in [1.29, 1.82) is 0 Å². The van der Waals surface area contributed by atoms with Gasteiger partial charge in [0.15, 0.2) is 4.77 Å². The molecule has 2 aromatic rings. The summed E-state index contributed by atoms with van der Waals surface area (Å²) in [7, 11) is 0. The summed E-state index contributed by atoms with van der Waals surface area (Å²) in [5.41, 5.74) is 3.36. The van der Waals surface area contributed by atoms with E-state index in [-0.39, 0.29) is 5.41 Å². The first-order valence-electron chi connectivity index (χ1n) is 5.88. The van der Waals surface area contributed by atoms with Gasteiger partial charge in [-0.2, -0.15) is 0 Å². The SMILES string of the molecule is Cc1ccc(Cl)cc1-n1c(C(C)(C)C)c[nH]c1=S. The van der Waals surface area contributed by atoms with Crippen LogP contribution in [0.5, 0.6) is 0 Å². The first-order valence-corrected chi connectivity index (χ1v) is 6.67. The molecule has 0 aliphatic carbocycles. The molecular weight excluding hydrogens is 264 g/mol. The van der Waals surface area contributed by atoms with Crippen molar-refractivity contribution in [3.05, 3.63) is 45.4 Å². The minimum absolute atomic E-state index is 0.0162. The summed E-state index contributed by atoms with van der Waals surface area (Å²) >= 11 is 11.5. The summed E-state index contributed by atoms with van der Waals surface area (Å²) in [6, 6.07) is 5.86. The lowest BCUT2D eigenvalue weighted by Gasteiger charge is -2.21. The van der Waals surface area contributed by atoms with E-state index in [9.17, 15) is 0 Å². The molecule has 0 radical (unpaired) electrons. The Morgan fingerprint density at radius 2 is 1.94 bits per heavy atom. The molecule has 1 heterocycles.